The lowest BCUT2D eigenvalue weighted by atomic mass is 9.83. The zero-order valence-electron chi connectivity index (χ0n) is 14.5. The SMILES string of the molecule is CCOC(=O)C1(C(=O)OCC)CC2=C(c3ccccc3)C(=O)C[C@H]2C1. The van der Waals surface area contributed by atoms with E-state index in [9.17, 15) is 14.4 Å². The first kappa shape index (κ1) is 17.4. The van der Waals surface area contributed by atoms with E-state index in [0.29, 0.717) is 12.0 Å². The van der Waals surface area contributed by atoms with E-state index in [1.807, 2.05) is 30.3 Å². The maximum absolute atomic E-state index is 12.6. The van der Waals surface area contributed by atoms with Crippen LogP contribution in [0.1, 0.15) is 38.7 Å². The molecule has 2 aliphatic rings. The Kier molecular flexibility index (Phi) is 4.75. The first-order valence-electron chi connectivity index (χ1n) is 8.69. The monoisotopic (exact) mass is 342 g/mol. The van der Waals surface area contributed by atoms with Gasteiger partial charge in [0.1, 0.15) is 0 Å². The van der Waals surface area contributed by atoms with Crippen molar-refractivity contribution in [2.24, 2.45) is 11.3 Å². The second-order valence-corrected chi connectivity index (χ2v) is 6.49. The summed E-state index contributed by atoms with van der Waals surface area (Å²) in [6.07, 6.45) is 0.813. The van der Waals surface area contributed by atoms with Crippen LogP contribution in [-0.2, 0) is 23.9 Å². The number of benzene rings is 1. The van der Waals surface area contributed by atoms with Crippen molar-refractivity contribution in [2.75, 3.05) is 13.2 Å². The topological polar surface area (TPSA) is 69.7 Å². The summed E-state index contributed by atoms with van der Waals surface area (Å²) in [6.45, 7) is 3.83. The molecule has 1 aromatic rings. The van der Waals surface area contributed by atoms with Gasteiger partial charge in [-0.2, -0.15) is 0 Å². The second-order valence-electron chi connectivity index (χ2n) is 6.49. The quantitative estimate of drug-likeness (QED) is 0.608. The smallest absolute Gasteiger partial charge is 0.323 e. The number of allylic oxidation sites excluding steroid dienone is 2. The summed E-state index contributed by atoms with van der Waals surface area (Å²) in [5.41, 5.74) is 1.05. The average Bonchev–Trinajstić information content (AvgIpc) is 3.10. The molecule has 1 fully saturated rings. The fraction of sp³-hybridized carbons (Fsp3) is 0.450. The molecule has 0 aromatic heterocycles. The van der Waals surface area contributed by atoms with Gasteiger partial charge in [0.25, 0.3) is 0 Å². The van der Waals surface area contributed by atoms with Gasteiger partial charge < -0.3 is 9.47 Å². The van der Waals surface area contributed by atoms with Crippen LogP contribution < -0.4 is 0 Å². The molecule has 25 heavy (non-hydrogen) atoms. The number of carbonyl (C=O) groups excluding carboxylic acids is 3. The Morgan fingerprint density at radius 2 is 1.68 bits per heavy atom. The van der Waals surface area contributed by atoms with Crippen molar-refractivity contribution in [3.63, 3.8) is 0 Å². The molecule has 0 spiro atoms. The lowest BCUT2D eigenvalue weighted by Crippen LogP contribution is -2.40. The van der Waals surface area contributed by atoms with Crippen LogP contribution in [0.3, 0.4) is 0 Å². The van der Waals surface area contributed by atoms with Crippen LogP contribution in [0.4, 0.5) is 0 Å². The molecule has 0 unspecified atom stereocenters. The molecular formula is C20H22O5. The molecule has 0 amide bonds. The minimum atomic E-state index is -1.33. The van der Waals surface area contributed by atoms with Gasteiger partial charge in [0.2, 0.25) is 0 Å². The third-order valence-electron chi connectivity index (χ3n) is 5.01. The zero-order valence-corrected chi connectivity index (χ0v) is 14.5. The summed E-state index contributed by atoms with van der Waals surface area (Å²) < 4.78 is 10.4. The predicted octanol–water partition coefficient (Wildman–Crippen LogP) is 2.94. The average molecular weight is 342 g/mol. The molecule has 0 bridgehead atoms. The highest BCUT2D eigenvalue weighted by Crippen LogP contribution is 2.54. The van der Waals surface area contributed by atoms with E-state index in [1.54, 1.807) is 13.8 Å². The van der Waals surface area contributed by atoms with E-state index in [2.05, 4.69) is 0 Å². The van der Waals surface area contributed by atoms with Crippen molar-refractivity contribution in [3.8, 4) is 0 Å². The molecule has 2 aliphatic carbocycles. The number of carbonyl (C=O) groups is 3. The van der Waals surface area contributed by atoms with Gasteiger partial charge in [-0.3, -0.25) is 14.4 Å². The number of hydrogen-bond donors (Lipinski definition) is 0. The molecule has 0 saturated heterocycles. The van der Waals surface area contributed by atoms with Crippen LogP contribution in [0.5, 0.6) is 0 Å². The molecule has 0 radical (unpaired) electrons. The van der Waals surface area contributed by atoms with Crippen molar-refractivity contribution in [3.05, 3.63) is 41.5 Å². The third kappa shape index (κ3) is 2.88. The fourth-order valence-electron chi connectivity index (χ4n) is 3.96. The van der Waals surface area contributed by atoms with E-state index in [4.69, 9.17) is 9.47 Å². The van der Waals surface area contributed by atoms with Gasteiger partial charge in [-0.15, -0.1) is 0 Å². The van der Waals surface area contributed by atoms with Crippen molar-refractivity contribution in [2.45, 2.75) is 33.1 Å². The molecule has 0 aliphatic heterocycles. The molecule has 1 atom stereocenters. The first-order valence-corrected chi connectivity index (χ1v) is 8.69. The Morgan fingerprint density at radius 3 is 2.24 bits per heavy atom. The Balaban J connectivity index is 2.03. The van der Waals surface area contributed by atoms with E-state index >= 15 is 0 Å². The number of ketones is 1. The van der Waals surface area contributed by atoms with E-state index < -0.39 is 17.4 Å². The third-order valence-corrected chi connectivity index (χ3v) is 5.01. The van der Waals surface area contributed by atoms with E-state index in [1.165, 1.54) is 0 Å². The highest BCUT2D eigenvalue weighted by Gasteiger charge is 2.58. The summed E-state index contributed by atoms with van der Waals surface area (Å²) in [4.78, 5) is 37.7. The lowest BCUT2D eigenvalue weighted by molar-refractivity contribution is -0.171. The standard InChI is InChI=1S/C20H22O5/c1-3-24-18(22)20(19(23)25-4-2)11-14-10-16(21)17(15(14)12-20)13-8-6-5-7-9-13/h5-9,14H,3-4,10-12H2,1-2H3/t14-/m0/s1. The largest absolute Gasteiger partial charge is 0.465 e. The van der Waals surface area contributed by atoms with Crippen LogP contribution in [0.15, 0.2) is 35.9 Å². The summed E-state index contributed by atoms with van der Waals surface area (Å²) >= 11 is 0. The molecule has 132 valence electrons. The molecular weight excluding hydrogens is 320 g/mol. The molecule has 5 nitrogen and oxygen atoms in total. The van der Waals surface area contributed by atoms with Crippen LogP contribution in [-0.4, -0.2) is 30.9 Å². The Morgan fingerprint density at radius 1 is 1.08 bits per heavy atom. The molecule has 5 heteroatoms. The number of hydrogen-bond acceptors (Lipinski definition) is 5. The number of Topliss-reactive ketones (excluding diaryl/α,β-unsaturated/α-hetero) is 1. The lowest BCUT2D eigenvalue weighted by Gasteiger charge is -2.24. The normalized spacial score (nSPS) is 21.2. The van der Waals surface area contributed by atoms with Gasteiger partial charge in [0.15, 0.2) is 11.2 Å². The fourth-order valence-corrected chi connectivity index (χ4v) is 3.96. The highest BCUT2D eigenvalue weighted by molar-refractivity contribution is 6.24. The maximum atomic E-state index is 12.6. The highest BCUT2D eigenvalue weighted by atomic mass is 16.6. The summed E-state index contributed by atoms with van der Waals surface area (Å²) in [5, 5.41) is 0. The van der Waals surface area contributed by atoms with Crippen LogP contribution >= 0.6 is 0 Å². The second kappa shape index (κ2) is 6.82. The molecule has 3 rings (SSSR count). The van der Waals surface area contributed by atoms with Gasteiger partial charge in [0.05, 0.1) is 13.2 Å². The van der Waals surface area contributed by atoms with Crippen LogP contribution in [0.25, 0.3) is 5.57 Å². The van der Waals surface area contributed by atoms with Gasteiger partial charge >= 0.3 is 11.9 Å². The van der Waals surface area contributed by atoms with Gasteiger partial charge in [-0.25, -0.2) is 0 Å². The minimum absolute atomic E-state index is 0.0764. The van der Waals surface area contributed by atoms with E-state index in [0.717, 1.165) is 11.1 Å². The summed E-state index contributed by atoms with van der Waals surface area (Å²) in [5.74, 6) is -1.12. The summed E-state index contributed by atoms with van der Waals surface area (Å²) in [6, 6.07) is 9.42. The van der Waals surface area contributed by atoms with E-state index in [-0.39, 0.29) is 37.8 Å². The van der Waals surface area contributed by atoms with Gasteiger partial charge in [-0.1, -0.05) is 35.9 Å². The number of rotatable bonds is 5. The Labute approximate surface area is 147 Å². The van der Waals surface area contributed by atoms with Crippen molar-refractivity contribution >= 4 is 23.3 Å². The van der Waals surface area contributed by atoms with Gasteiger partial charge in [0, 0.05) is 12.0 Å². The van der Waals surface area contributed by atoms with Crippen LogP contribution in [0.2, 0.25) is 0 Å². The Hall–Kier alpha value is -2.43. The van der Waals surface area contributed by atoms with Gasteiger partial charge in [-0.05, 0) is 38.2 Å². The minimum Gasteiger partial charge on any atom is -0.465 e. The van der Waals surface area contributed by atoms with Crippen molar-refractivity contribution < 1.29 is 23.9 Å². The predicted molar refractivity (Wildman–Crippen MR) is 91.4 cm³/mol. The zero-order chi connectivity index (χ0) is 18.0. The molecule has 0 heterocycles. The number of ether oxygens (including phenoxy) is 2. The summed E-state index contributed by atoms with van der Waals surface area (Å²) in [7, 11) is 0. The first-order chi connectivity index (χ1) is 12.0. The molecule has 1 aromatic carbocycles. The van der Waals surface area contributed by atoms with Crippen LogP contribution in [0, 0.1) is 11.3 Å². The van der Waals surface area contributed by atoms with Crippen molar-refractivity contribution in [1.82, 2.24) is 0 Å². The maximum Gasteiger partial charge on any atom is 0.323 e. The molecule has 1 saturated carbocycles. The van der Waals surface area contributed by atoms with Crippen molar-refractivity contribution in [1.29, 1.82) is 0 Å². The number of esters is 2. The molecule has 0 N–H and O–H groups in total. The number of fused-ring (bicyclic) bond motifs is 1. The Bertz CT molecular complexity index is 714.